The second-order valence-electron chi connectivity index (χ2n) is 7.75. The highest BCUT2D eigenvalue weighted by Gasteiger charge is 2.46. The number of rotatable bonds is 8. The Balaban J connectivity index is 1.79. The number of carbonyl (C=O) groups is 2. The van der Waals surface area contributed by atoms with E-state index in [4.69, 9.17) is 9.47 Å². The summed E-state index contributed by atoms with van der Waals surface area (Å²) < 4.78 is 11.0. The third-order valence-corrected chi connectivity index (χ3v) is 5.56. The summed E-state index contributed by atoms with van der Waals surface area (Å²) in [7, 11) is 0. The van der Waals surface area contributed by atoms with Crippen molar-refractivity contribution >= 4 is 17.4 Å². The number of aliphatic hydroxyl groups excluding tert-OH is 1. The summed E-state index contributed by atoms with van der Waals surface area (Å²) in [4.78, 5) is 31.9. The van der Waals surface area contributed by atoms with E-state index in [1.54, 1.807) is 54.9 Å². The normalized spacial score (nSPS) is 17.1. The van der Waals surface area contributed by atoms with Gasteiger partial charge in [-0.15, -0.1) is 0 Å². The maximum atomic E-state index is 13.2. The van der Waals surface area contributed by atoms with Crippen LogP contribution in [0.15, 0.2) is 78.6 Å². The zero-order chi connectivity index (χ0) is 24.1. The smallest absolute Gasteiger partial charge is 0.295 e. The Morgan fingerprint density at radius 1 is 0.941 bits per heavy atom. The van der Waals surface area contributed by atoms with Gasteiger partial charge in [0.1, 0.15) is 17.3 Å². The van der Waals surface area contributed by atoms with Gasteiger partial charge in [0, 0.05) is 24.5 Å². The lowest BCUT2D eigenvalue weighted by atomic mass is 9.95. The maximum absolute atomic E-state index is 13.2. The highest BCUT2D eigenvalue weighted by molar-refractivity contribution is 6.46. The molecule has 0 aliphatic carbocycles. The van der Waals surface area contributed by atoms with Gasteiger partial charge in [0.15, 0.2) is 0 Å². The maximum Gasteiger partial charge on any atom is 0.295 e. The SMILES string of the molecule is CCOc1ccc(/C(O)=C2\C(=O)C(=O)N(Cc3cccnc3)C2c2ccc(OCC)cc2)cc1. The van der Waals surface area contributed by atoms with Crippen molar-refractivity contribution in [1.29, 1.82) is 0 Å². The molecule has 0 saturated carbocycles. The van der Waals surface area contributed by atoms with E-state index in [1.165, 1.54) is 4.90 Å². The molecule has 0 radical (unpaired) electrons. The number of ether oxygens (including phenoxy) is 2. The largest absolute Gasteiger partial charge is 0.507 e. The number of likely N-dealkylation sites (tertiary alicyclic amines) is 1. The Kier molecular flexibility index (Phi) is 6.92. The first-order chi connectivity index (χ1) is 16.5. The fourth-order valence-electron chi connectivity index (χ4n) is 4.02. The van der Waals surface area contributed by atoms with E-state index in [2.05, 4.69) is 4.98 Å². The fraction of sp³-hybridized carbons (Fsp3) is 0.222. The number of hydrogen-bond acceptors (Lipinski definition) is 6. The van der Waals surface area contributed by atoms with Crippen molar-refractivity contribution in [3.63, 3.8) is 0 Å². The lowest BCUT2D eigenvalue weighted by Crippen LogP contribution is -2.29. The first kappa shape index (κ1) is 23.0. The number of Topliss-reactive ketones (excluding diaryl/α,β-unsaturated/α-hetero) is 1. The minimum Gasteiger partial charge on any atom is -0.507 e. The van der Waals surface area contributed by atoms with Crippen LogP contribution in [0.3, 0.4) is 0 Å². The van der Waals surface area contributed by atoms with Gasteiger partial charge in [0.05, 0.1) is 24.8 Å². The molecular formula is C27H26N2O5. The number of aromatic nitrogens is 1. The number of carbonyl (C=O) groups excluding carboxylic acids is 2. The van der Waals surface area contributed by atoms with Crippen molar-refractivity contribution in [2.45, 2.75) is 26.4 Å². The van der Waals surface area contributed by atoms with Crippen molar-refractivity contribution in [3.05, 3.63) is 95.3 Å². The van der Waals surface area contributed by atoms with Crippen LogP contribution in [0.1, 0.15) is 36.6 Å². The molecule has 1 fully saturated rings. The molecule has 0 bridgehead atoms. The summed E-state index contributed by atoms with van der Waals surface area (Å²) >= 11 is 0. The number of benzene rings is 2. The van der Waals surface area contributed by atoms with E-state index < -0.39 is 17.7 Å². The molecular weight excluding hydrogens is 432 g/mol. The zero-order valence-corrected chi connectivity index (χ0v) is 19.1. The zero-order valence-electron chi connectivity index (χ0n) is 19.1. The van der Waals surface area contributed by atoms with Gasteiger partial charge in [-0.2, -0.15) is 0 Å². The average molecular weight is 459 g/mol. The van der Waals surface area contributed by atoms with E-state index in [0.717, 1.165) is 5.56 Å². The Bertz CT molecular complexity index is 1190. The molecule has 0 spiro atoms. The van der Waals surface area contributed by atoms with E-state index >= 15 is 0 Å². The van der Waals surface area contributed by atoms with Crippen LogP contribution in [0, 0.1) is 0 Å². The van der Waals surface area contributed by atoms with Gasteiger partial charge < -0.3 is 19.5 Å². The monoisotopic (exact) mass is 458 g/mol. The molecule has 1 saturated heterocycles. The molecule has 1 aliphatic rings. The topological polar surface area (TPSA) is 89.0 Å². The van der Waals surface area contributed by atoms with Crippen molar-refractivity contribution < 1.29 is 24.2 Å². The third-order valence-electron chi connectivity index (χ3n) is 5.56. The third kappa shape index (κ3) is 4.64. The Labute approximate surface area is 198 Å². The van der Waals surface area contributed by atoms with Gasteiger partial charge in [-0.25, -0.2) is 0 Å². The van der Waals surface area contributed by atoms with Crippen LogP contribution in [0.2, 0.25) is 0 Å². The Morgan fingerprint density at radius 3 is 2.12 bits per heavy atom. The van der Waals surface area contributed by atoms with Gasteiger partial charge in [0.25, 0.3) is 11.7 Å². The first-order valence-electron chi connectivity index (χ1n) is 11.2. The number of ketones is 1. The number of nitrogens with zero attached hydrogens (tertiary/aromatic N) is 2. The molecule has 1 atom stereocenters. The summed E-state index contributed by atoms with van der Waals surface area (Å²) in [5.74, 6) is -0.292. The molecule has 3 aromatic rings. The molecule has 34 heavy (non-hydrogen) atoms. The number of hydrogen-bond donors (Lipinski definition) is 1. The summed E-state index contributed by atoms with van der Waals surface area (Å²) in [6.07, 6.45) is 3.30. The summed E-state index contributed by atoms with van der Waals surface area (Å²) in [6.45, 7) is 5.00. The number of pyridine rings is 1. The predicted octanol–water partition coefficient (Wildman–Crippen LogP) is 4.50. The number of aliphatic hydroxyl groups is 1. The lowest BCUT2D eigenvalue weighted by Gasteiger charge is -2.25. The van der Waals surface area contributed by atoms with Gasteiger partial charge in [-0.3, -0.25) is 14.6 Å². The van der Waals surface area contributed by atoms with Crippen LogP contribution in [-0.2, 0) is 16.1 Å². The average Bonchev–Trinajstić information content (AvgIpc) is 3.10. The molecule has 7 heteroatoms. The van der Waals surface area contributed by atoms with Crippen LogP contribution in [0.4, 0.5) is 0 Å². The molecule has 174 valence electrons. The van der Waals surface area contributed by atoms with Crippen molar-refractivity contribution in [2.75, 3.05) is 13.2 Å². The second-order valence-corrected chi connectivity index (χ2v) is 7.75. The molecule has 1 N–H and O–H groups in total. The molecule has 4 rings (SSSR count). The van der Waals surface area contributed by atoms with E-state index in [1.807, 2.05) is 32.0 Å². The highest BCUT2D eigenvalue weighted by Crippen LogP contribution is 2.40. The molecule has 7 nitrogen and oxygen atoms in total. The first-order valence-corrected chi connectivity index (χ1v) is 11.2. The quantitative estimate of drug-likeness (QED) is 0.304. The van der Waals surface area contributed by atoms with Crippen LogP contribution in [0.25, 0.3) is 5.76 Å². The van der Waals surface area contributed by atoms with E-state index in [-0.39, 0.29) is 17.9 Å². The summed E-state index contributed by atoms with van der Waals surface area (Å²) in [5.41, 5.74) is 1.95. The molecule has 2 heterocycles. The fourth-order valence-corrected chi connectivity index (χ4v) is 4.02. The standard InChI is InChI=1S/C27H26N2O5/c1-3-33-21-11-7-19(8-12-21)24-23(25(30)20-9-13-22(14-10-20)34-4-2)26(31)27(32)29(24)17-18-6-5-15-28-16-18/h5-16,24,30H,3-4,17H2,1-2H3/b25-23+. The molecule has 1 amide bonds. The predicted molar refractivity (Wildman–Crippen MR) is 127 cm³/mol. The second kappa shape index (κ2) is 10.2. The van der Waals surface area contributed by atoms with E-state index in [9.17, 15) is 14.7 Å². The van der Waals surface area contributed by atoms with Crippen molar-refractivity contribution in [1.82, 2.24) is 9.88 Å². The Hall–Kier alpha value is -4.13. The van der Waals surface area contributed by atoms with Crippen LogP contribution in [-0.4, -0.2) is 39.9 Å². The van der Waals surface area contributed by atoms with Gasteiger partial charge in [0.2, 0.25) is 0 Å². The highest BCUT2D eigenvalue weighted by atomic mass is 16.5. The van der Waals surface area contributed by atoms with E-state index in [0.29, 0.717) is 35.8 Å². The molecule has 1 aliphatic heterocycles. The lowest BCUT2D eigenvalue weighted by molar-refractivity contribution is -0.140. The molecule has 1 unspecified atom stereocenters. The number of amides is 1. The van der Waals surface area contributed by atoms with Gasteiger partial charge in [-0.05, 0) is 67.4 Å². The van der Waals surface area contributed by atoms with Crippen LogP contribution < -0.4 is 9.47 Å². The van der Waals surface area contributed by atoms with Crippen LogP contribution >= 0.6 is 0 Å². The minimum atomic E-state index is -0.762. The van der Waals surface area contributed by atoms with Crippen LogP contribution in [0.5, 0.6) is 11.5 Å². The van der Waals surface area contributed by atoms with Crippen molar-refractivity contribution in [3.8, 4) is 11.5 Å². The molecule has 2 aromatic carbocycles. The van der Waals surface area contributed by atoms with Gasteiger partial charge >= 0.3 is 0 Å². The molecule has 1 aromatic heterocycles. The summed E-state index contributed by atoms with van der Waals surface area (Å²) in [5, 5.41) is 11.2. The summed E-state index contributed by atoms with van der Waals surface area (Å²) in [6, 6.07) is 16.8. The minimum absolute atomic E-state index is 0.0437. The Morgan fingerprint density at radius 2 is 1.56 bits per heavy atom. The van der Waals surface area contributed by atoms with Crippen molar-refractivity contribution in [2.24, 2.45) is 0 Å². The van der Waals surface area contributed by atoms with Gasteiger partial charge in [-0.1, -0.05) is 18.2 Å².